The summed E-state index contributed by atoms with van der Waals surface area (Å²) in [5.41, 5.74) is 0. The second kappa shape index (κ2) is 7.42. The van der Waals surface area contributed by atoms with Gasteiger partial charge in [-0.2, -0.15) is 0 Å². The molecule has 5 heteroatoms. The van der Waals surface area contributed by atoms with Gasteiger partial charge in [-0.3, -0.25) is 4.57 Å². The summed E-state index contributed by atoms with van der Waals surface area (Å²) in [6.07, 6.45) is 0.453. The second-order valence-corrected chi connectivity index (χ2v) is 4.13. The molecule has 0 atom stereocenters. The molecule has 0 amide bonds. The fourth-order valence-electron chi connectivity index (χ4n) is 0.613. The Labute approximate surface area is 81.1 Å². The average Bonchev–Trinajstić information content (AvgIpc) is 1.89. The maximum Gasteiger partial charge on any atom is 0.330 e. The van der Waals surface area contributed by atoms with Crippen LogP contribution in [0.25, 0.3) is 0 Å². The van der Waals surface area contributed by atoms with E-state index in [1.165, 1.54) is 0 Å². The van der Waals surface area contributed by atoms with Crippen LogP contribution in [-0.4, -0.2) is 19.4 Å². The topological polar surface area (TPSA) is 35.5 Å². The molecule has 0 spiro atoms. The quantitative estimate of drug-likeness (QED) is 0.538. The van der Waals surface area contributed by atoms with Crippen molar-refractivity contribution >= 4 is 7.60 Å². The molecule has 0 fully saturated rings. The van der Waals surface area contributed by atoms with Crippen LogP contribution in [0.4, 0.5) is 0 Å². The van der Waals surface area contributed by atoms with Crippen molar-refractivity contribution in [2.75, 3.05) is 19.4 Å². The van der Waals surface area contributed by atoms with Crippen molar-refractivity contribution in [3.8, 4) is 0 Å². The summed E-state index contributed by atoms with van der Waals surface area (Å²) >= 11 is 0. The fourth-order valence-corrected chi connectivity index (χ4v) is 1.84. The first kappa shape index (κ1) is 14.3. The molecule has 0 heterocycles. The van der Waals surface area contributed by atoms with Crippen molar-refractivity contribution in [3.63, 3.8) is 0 Å². The second-order valence-electron chi connectivity index (χ2n) is 1.76. The molecule has 64 valence electrons. The molecule has 0 aromatic rings. The molecule has 0 radical (unpaired) electrons. The van der Waals surface area contributed by atoms with Crippen molar-refractivity contribution in [2.45, 2.75) is 20.8 Å². The van der Waals surface area contributed by atoms with Crippen LogP contribution in [0.5, 0.6) is 0 Å². The van der Waals surface area contributed by atoms with E-state index < -0.39 is 7.60 Å². The van der Waals surface area contributed by atoms with Crippen LogP contribution in [0.1, 0.15) is 20.8 Å². The van der Waals surface area contributed by atoms with E-state index in [0.717, 1.165) is 0 Å². The van der Waals surface area contributed by atoms with Crippen LogP contribution in [0.2, 0.25) is 0 Å². The summed E-state index contributed by atoms with van der Waals surface area (Å²) in [4.78, 5) is 0. The van der Waals surface area contributed by atoms with Crippen LogP contribution in [0.3, 0.4) is 0 Å². The Balaban J connectivity index is 0. The third kappa shape index (κ3) is 5.98. The summed E-state index contributed by atoms with van der Waals surface area (Å²) in [6.45, 7) is 6.31. The summed E-state index contributed by atoms with van der Waals surface area (Å²) < 4.78 is 21.2. The zero-order valence-electron chi connectivity index (χ0n) is 7.50. The Morgan fingerprint density at radius 2 is 1.45 bits per heavy atom. The van der Waals surface area contributed by atoms with Crippen molar-refractivity contribution in [1.29, 1.82) is 0 Å². The predicted molar refractivity (Wildman–Crippen MR) is 41.4 cm³/mol. The first-order valence-electron chi connectivity index (χ1n) is 3.56. The van der Waals surface area contributed by atoms with Gasteiger partial charge in [0.2, 0.25) is 0 Å². The molecule has 0 bridgehead atoms. The van der Waals surface area contributed by atoms with Crippen molar-refractivity contribution in [2.24, 2.45) is 0 Å². The maximum absolute atomic E-state index is 11.3. The van der Waals surface area contributed by atoms with Gasteiger partial charge in [-0.05, 0) is 13.8 Å². The molecular formula is C6H15O3PZn. The molecule has 11 heavy (non-hydrogen) atoms. The first-order valence-corrected chi connectivity index (χ1v) is 5.29. The van der Waals surface area contributed by atoms with Gasteiger partial charge in [0.1, 0.15) is 0 Å². The van der Waals surface area contributed by atoms with Crippen molar-refractivity contribution < 1.29 is 33.1 Å². The van der Waals surface area contributed by atoms with Crippen LogP contribution in [0.15, 0.2) is 0 Å². The van der Waals surface area contributed by atoms with Gasteiger partial charge in [0.15, 0.2) is 0 Å². The van der Waals surface area contributed by atoms with Gasteiger partial charge < -0.3 is 9.05 Å². The minimum absolute atomic E-state index is 0. The minimum atomic E-state index is -2.70. The Morgan fingerprint density at radius 1 is 1.09 bits per heavy atom. The van der Waals surface area contributed by atoms with Crippen molar-refractivity contribution in [1.82, 2.24) is 0 Å². The standard InChI is InChI=1S/C6H15O3P.Zn/c1-4-8-10(7,6-3)9-5-2;/h4-6H2,1-3H3;. The summed E-state index contributed by atoms with van der Waals surface area (Å²) in [5.74, 6) is 0. The van der Waals surface area contributed by atoms with Crippen LogP contribution in [-0.2, 0) is 33.1 Å². The van der Waals surface area contributed by atoms with E-state index in [0.29, 0.717) is 19.4 Å². The third-order valence-corrected chi connectivity index (χ3v) is 3.12. The first-order chi connectivity index (χ1) is 4.68. The summed E-state index contributed by atoms with van der Waals surface area (Å²) in [5, 5.41) is 0. The Kier molecular flexibility index (Phi) is 9.66. The van der Waals surface area contributed by atoms with Crippen molar-refractivity contribution in [3.05, 3.63) is 0 Å². The van der Waals surface area contributed by atoms with Crippen LogP contribution < -0.4 is 0 Å². The molecule has 3 nitrogen and oxygen atoms in total. The Bertz CT molecular complexity index is 119. The van der Waals surface area contributed by atoms with Gasteiger partial charge in [-0.25, -0.2) is 0 Å². The van der Waals surface area contributed by atoms with E-state index in [4.69, 9.17) is 9.05 Å². The van der Waals surface area contributed by atoms with Gasteiger partial charge in [-0.1, -0.05) is 6.92 Å². The van der Waals surface area contributed by atoms with Gasteiger partial charge in [0.25, 0.3) is 0 Å². The van der Waals surface area contributed by atoms with Gasteiger partial charge >= 0.3 is 7.60 Å². The van der Waals surface area contributed by atoms with Crippen LogP contribution >= 0.6 is 7.60 Å². The SMILES string of the molecule is CCOP(=O)(CC)OCC.[Zn]. The normalized spacial score (nSPS) is 10.8. The van der Waals surface area contributed by atoms with E-state index in [1.54, 1.807) is 20.8 Å². The number of rotatable bonds is 5. The molecule has 0 aliphatic heterocycles. The predicted octanol–water partition coefficient (Wildman–Crippen LogP) is 2.27. The summed E-state index contributed by atoms with van der Waals surface area (Å²) in [6, 6.07) is 0. The molecule has 0 N–H and O–H groups in total. The molecule has 0 aromatic carbocycles. The number of hydrogen-bond acceptors (Lipinski definition) is 3. The summed E-state index contributed by atoms with van der Waals surface area (Å²) in [7, 11) is -2.70. The van der Waals surface area contributed by atoms with Gasteiger partial charge in [0.05, 0.1) is 13.2 Å². The molecule has 0 rings (SSSR count). The van der Waals surface area contributed by atoms with E-state index in [-0.39, 0.29) is 19.5 Å². The maximum atomic E-state index is 11.3. The molecule has 0 saturated carbocycles. The van der Waals surface area contributed by atoms with Gasteiger partial charge in [-0.15, -0.1) is 0 Å². The fraction of sp³-hybridized carbons (Fsp3) is 1.00. The molecule has 0 aromatic heterocycles. The zero-order valence-corrected chi connectivity index (χ0v) is 11.4. The van der Waals surface area contributed by atoms with E-state index in [1.807, 2.05) is 0 Å². The van der Waals surface area contributed by atoms with Gasteiger partial charge in [0, 0.05) is 25.6 Å². The van der Waals surface area contributed by atoms with Crippen LogP contribution in [0, 0.1) is 0 Å². The van der Waals surface area contributed by atoms with E-state index >= 15 is 0 Å². The number of hydrogen-bond donors (Lipinski definition) is 0. The Morgan fingerprint density at radius 3 is 1.64 bits per heavy atom. The molecule has 0 aliphatic carbocycles. The molecular weight excluding hydrogens is 216 g/mol. The van der Waals surface area contributed by atoms with E-state index in [2.05, 4.69) is 0 Å². The average molecular weight is 232 g/mol. The zero-order chi connectivity index (χ0) is 8.04. The molecule has 0 aliphatic rings. The smallest absolute Gasteiger partial charge is 0.309 e. The largest absolute Gasteiger partial charge is 0.330 e. The monoisotopic (exact) mass is 230 g/mol. The molecule has 0 saturated heterocycles. The Hall–Kier alpha value is 0.773. The third-order valence-electron chi connectivity index (χ3n) is 1.04. The molecule has 0 unspecified atom stereocenters. The minimum Gasteiger partial charge on any atom is -0.309 e. The van der Waals surface area contributed by atoms with E-state index in [9.17, 15) is 4.57 Å².